The van der Waals surface area contributed by atoms with Crippen molar-refractivity contribution in [1.29, 1.82) is 0 Å². The van der Waals surface area contributed by atoms with Crippen LogP contribution in [-0.2, 0) is 0 Å². The minimum absolute atomic E-state index is 0.0673. The topological polar surface area (TPSA) is 64.9 Å². The first kappa shape index (κ1) is 11.6. The average molecular weight is 268 g/mol. The Kier molecular flexibility index (Phi) is 2.80. The van der Waals surface area contributed by atoms with Crippen LogP contribution in [0.15, 0.2) is 22.7 Å². The molecule has 0 bridgehead atoms. The molecule has 1 heterocycles. The van der Waals surface area contributed by atoms with Crippen LogP contribution < -0.4 is 5.73 Å². The number of hydrogen-bond donors (Lipinski definition) is 1. The van der Waals surface area contributed by atoms with E-state index in [0.29, 0.717) is 23.2 Å². The summed E-state index contributed by atoms with van der Waals surface area (Å²) in [5.41, 5.74) is 6.54. The van der Waals surface area contributed by atoms with Crippen molar-refractivity contribution in [2.45, 2.75) is 24.8 Å². The van der Waals surface area contributed by atoms with Crippen LogP contribution in [0.4, 0.5) is 4.39 Å². The van der Waals surface area contributed by atoms with Crippen LogP contribution in [0, 0.1) is 5.82 Å². The second-order valence-electron chi connectivity index (χ2n) is 4.42. The standard InChI is InChI=1S/C12H11ClFN3O/c13-8-4-3-7(5-9(8)14)10(15)11-16-12(18-17-11)6-1-2-6/h3-6,10H,1-2,15H2. The van der Waals surface area contributed by atoms with Crippen molar-refractivity contribution >= 4 is 11.6 Å². The van der Waals surface area contributed by atoms with Crippen molar-refractivity contribution in [2.24, 2.45) is 5.73 Å². The Hall–Kier alpha value is -1.46. The van der Waals surface area contributed by atoms with Gasteiger partial charge in [-0.05, 0) is 30.5 Å². The van der Waals surface area contributed by atoms with E-state index in [-0.39, 0.29) is 5.02 Å². The van der Waals surface area contributed by atoms with Gasteiger partial charge in [-0.3, -0.25) is 0 Å². The van der Waals surface area contributed by atoms with Crippen molar-refractivity contribution in [3.05, 3.63) is 46.3 Å². The lowest BCUT2D eigenvalue weighted by molar-refractivity contribution is 0.372. The van der Waals surface area contributed by atoms with Crippen molar-refractivity contribution < 1.29 is 8.91 Å². The normalized spacial score (nSPS) is 16.8. The molecule has 2 aromatic rings. The third-order valence-electron chi connectivity index (χ3n) is 2.96. The monoisotopic (exact) mass is 267 g/mol. The van der Waals surface area contributed by atoms with Gasteiger partial charge in [0.2, 0.25) is 5.89 Å². The summed E-state index contributed by atoms with van der Waals surface area (Å²) in [6, 6.07) is 3.81. The molecule has 1 atom stereocenters. The molecular formula is C12H11ClFN3O. The molecule has 1 aromatic carbocycles. The summed E-state index contributed by atoms with van der Waals surface area (Å²) in [4.78, 5) is 4.24. The highest BCUT2D eigenvalue weighted by Gasteiger charge is 2.30. The second-order valence-corrected chi connectivity index (χ2v) is 4.82. The number of halogens is 2. The van der Waals surface area contributed by atoms with Gasteiger partial charge in [0.25, 0.3) is 0 Å². The van der Waals surface area contributed by atoms with Crippen LogP contribution in [-0.4, -0.2) is 10.1 Å². The fourth-order valence-electron chi connectivity index (χ4n) is 1.72. The van der Waals surface area contributed by atoms with Crippen LogP contribution in [0.2, 0.25) is 5.02 Å². The Labute approximate surface area is 108 Å². The number of benzene rings is 1. The maximum Gasteiger partial charge on any atom is 0.229 e. The summed E-state index contributed by atoms with van der Waals surface area (Å²) < 4.78 is 18.5. The molecule has 1 aliphatic rings. The van der Waals surface area contributed by atoms with Crippen LogP contribution in [0.5, 0.6) is 0 Å². The van der Waals surface area contributed by atoms with E-state index in [1.165, 1.54) is 12.1 Å². The molecule has 2 N–H and O–H groups in total. The Morgan fingerprint density at radius 3 is 2.89 bits per heavy atom. The lowest BCUT2D eigenvalue weighted by Gasteiger charge is -2.07. The highest BCUT2D eigenvalue weighted by molar-refractivity contribution is 6.30. The Morgan fingerprint density at radius 2 is 2.22 bits per heavy atom. The van der Waals surface area contributed by atoms with E-state index in [1.807, 2.05) is 0 Å². The van der Waals surface area contributed by atoms with E-state index in [1.54, 1.807) is 6.07 Å². The van der Waals surface area contributed by atoms with Crippen molar-refractivity contribution in [2.75, 3.05) is 0 Å². The first-order valence-corrected chi connectivity index (χ1v) is 6.07. The molecule has 0 aliphatic heterocycles. The molecule has 6 heteroatoms. The van der Waals surface area contributed by atoms with Gasteiger partial charge < -0.3 is 10.3 Å². The smallest absolute Gasteiger partial charge is 0.229 e. The molecule has 18 heavy (non-hydrogen) atoms. The molecule has 0 radical (unpaired) electrons. The molecule has 1 aromatic heterocycles. The third-order valence-corrected chi connectivity index (χ3v) is 3.27. The Morgan fingerprint density at radius 1 is 1.44 bits per heavy atom. The number of nitrogens with two attached hydrogens (primary N) is 1. The van der Waals surface area contributed by atoms with Crippen molar-refractivity contribution in [1.82, 2.24) is 10.1 Å². The van der Waals surface area contributed by atoms with Crippen LogP contribution in [0.1, 0.15) is 42.1 Å². The zero-order chi connectivity index (χ0) is 12.7. The molecule has 0 spiro atoms. The van der Waals surface area contributed by atoms with E-state index >= 15 is 0 Å². The lowest BCUT2D eigenvalue weighted by Crippen LogP contribution is -2.13. The molecule has 1 fully saturated rings. The summed E-state index contributed by atoms with van der Waals surface area (Å²) in [6.07, 6.45) is 2.15. The quantitative estimate of drug-likeness (QED) is 0.929. The SMILES string of the molecule is NC(c1ccc(Cl)c(F)c1)c1noc(C2CC2)n1. The minimum Gasteiger partial charge on any atom is -0.339 e. The summed E-state index contributed by atoms with van der Waals surface area (Å²) in [5, 5.41) is 3.91. The van der Waals surface area contributed by atoms with Crippen LogP contribution >= 0.6 is 11.6 Å². The number of rotatable bonds is 3. The molecule has 1 aliphatic carbocycles. The van der Waals surface area contributed by atoms with E-state index in [2.05, 4.69) is 10.1 Å². The van der Waals surface area contributed by atoms with E-state index in [0.717, 1.165) is 12.8 Å². The third kappa shape index (κ3) is 2.11. The maximum absolute atomic E-state index is 13.3. The molecule has 0 amide bonds. The molecule has 1 saturated carbocycles. The van der Waals surface area contributed by atoms with E-state index in [9.17, 15) is 4.39 Å². The van der Waals surface area contributed by atoms with Gasteiger partial charge in [0, 0.05) is 5.92 Å². The predicted molar refractivity (Wildman–Crippen MR) is 63.7 cm³/mol. The van der Waals surface area contributed by atoms with Gasteiger partial charge in [-0.25, -0.2) is 4.39 Å². The van der Waals surface area contributed by atoms with Crippen molar-refractivity contribution in [3.63, 3.8) is 0 Å². The first-order chi connectivity index (χ1) is 8.65. The predicted octanol–water partition coefficient (Wildman–Crippen LogP) is 2.79. The molecule has 3 rings (SSSR count). The van der Waals surface area contributed by atoms with Crippen molar-refractivity contribution in [3.8, 4) is 0 Å². The largest absolute Gasteiger partial charge is 0.339 e. The first-order valence-electron chi connectivity index (χ1n) is 5.69. The lowest BCUT2D eigenvalue weighted by atomic mass is 10.1. The zero-order valence-electron chi connectivity index (χ0n) is 9.44. The van der Waals surface area contributed by atoms with Gasteiger partial charge >= 0.3 is 0 Å². The Balaban J connectivity index is 1.87. The van der Waals surface area contributed by atoms with Gasteiger partial charge in [-0.15, -0.1) is 0 Å². The second kappa shape index (κ2) is 4.33. The van der Waals surface area contributed by atoms with E-state index < -0.39 is 11.9 Å². The summed E-state index contributed by atoms with van der Waals surface area (Å²) >= 11 is 5.62. The summed E-state index contributed by atoms with van der Waals surface area (Å²) in [6.45, 7) is 0. The van der Waals surface area contributed by atoms with E-state index in [4.69, 9.17) is 21.9 Å². The van der Waals surface area contributed by atoms with Gasteiger partial charge in [-0.2, -0.15) is 4.98 Å². The van der Waals surface area contributed by atoms with Gasteiger partial charge in [0.05, 0.1) is 11.1 Å². The van der Waals surface area contributed by atoms with Gasteiger partial charge in [0.15, 0.2) is 5.82 Å². The molecule has 1 unspecified atom stereocenters. The van der Waals surface area contributed by atoms with Gasteiger partial charge in [0.1, 0.15) is 5.82 Å². The zero-order valence-corrected chi connectivity index (χ0v) is 10.2. The number of hydrogen-bond acceptors (Lipinski definition) is 4. The molecule has 94 valence electrons. The minimum atomic E-state index is -0.604. The molecular weight excluding hydrogens is 257 g/mol. The highest BCUT2D eigenvalue weighted by atomic mass is 35.5. The van der Waals surface area contributed by atoms with Crippen LogP contribution in [0.3, 0.4) is 0 Å². The molecule has 4 nitrogen and oxygen atoms in total. The molecule has 0 saturated heterocycles. The van der Waals surface area contributed by atoms with Crippen LogP contribution in [0.25, 0.3) is 0 Å². The fourth-order valence-corrected chi connectivity index (χ4v) is 1.84. The highest BCUT2D eigenvalue weighted by Crippen LogP contribution is 2.39. The van der Waals surface area contributed by atoms with Gasteiger partial charge in [-0.1, -0.05) is 22.8 Å². The summed E-state index contributed by atoms with van der Waals surface area (Å²) in [5.74, 6) is 0.865. The fraction of sp³-hybridized carbons (Fsp3) is 0.333. The Bertz CT molecular complexity index is 582. The number of nitrogens with zero attached hydrogens (tertiary/aromatic N) is 2. The average Bonchev–Trinajstić information content (AvgIpc) is 3.10. The maximum atomic E-state index is 13.3. The summed E-state index contributed by atoms with van der Waals surface area (Å²) in [7, 11) is 0. The number of aromatic nitrogens is 2.